The van der Waals surface area contributed by atoms with Crippen LogP contribution in [0.15, 0.2) is 24.3 Å². The molecule has 4 heteroatoms. The Hall–Kier alpha value is -1.84. The van der Waals surface area contributed by atoms with Crippen LogP contribution < -0.4 is 5.32 Å². The summed E-state index contributed by atoms with van der Waals surface area (Å²) in [6.45, 7) is 7.56. The first-order valence-electron chi connectivity index (χ1n) is 6.49. The fourth-order valence-electron chi connectivity index (χ4n) is 1.59. The maximum atomic E-state index is 11.7. The molecule has 1 rings (SSSR count). The zero-order valence-corrected chi connectivity index (χ0v) is 11.9. The van der Waals surface area contributed by atoms with Crippen LogP contribution in [-0.4, -0.2) is 18.0 Å². The second-order valence-corrected chi connectivity index (χ2v) is 5.18. The van der Waals surface area contributed by atoms with Crippen LogP contribution >= 0.6 is 0 Å². The van der Waals surface area contributed by atoms with E-state index in [-0.39, 0.29) is 18.0 Å². The van der Waals surface area contributed by atoms with Crippen molar-refractivity contribution in [3.05, 3.63) is 29.8 Å². The number of benzene rings is 1. The average Bonchev–Trinajstić information content (AvgIpc) is 2.27. The molecule has 19 heavy (non-hydrogen) atoms. The van der Waals surface area contributed by atoms with Gasteiger partial charge in [-0.1, -0.05) is 19.9 Å². The molecule has 0 aromatic heterocycles. The molecule has 1 aromatic carbocycles. The minimum Gasteiger partial charge on any atom is -0.459 e. The van der Waals surface area contributed by atoms with Crippen LogP contribution in [0.1, 0.15) is 44.5 Å². The highest BCUT2D eigenvalue weighted by atomic mass is 16.5. The van der Waals surface area contributed by atoms with Gasteiger partial charge in [0.25, 0.3) is 0 Å². The number of nitrogens with one attached hydrogen (secondary N) is 1. The number of esters is 1. The van der Waals surface area contributed by atoms with Gasteiger partial charge in [-0.3, -0.25) is 4.79 Å². The van der Waals surface area contributed by atoms with Gasteiger partial charge in [-0.25, -0.2) is 4.79 Å². The average molecular weight is 263 g/mol. The molecular formula is C15H21NO3. The Bertz CT molecular complexity index is 452. The summed E-state index contributed by atoms with van der Waals surface area (Å²) < 4.78 is 5.11. The molecule has 0 fully saturated rings. The molecule has 0 spiro atoms. The van der Waals surface area contributed by atoms with E-state index in [1.807, 2.05) is 13.8 Å². The molecule has 4 nitrogen and oxygen atoms in total. The Labute approximate surface area is 114 Å². The highest BCUT2D eigenvalue weighted by Crippen LogP contribution is 2.13. The minimum atomic E-state index is -0.380. The summed E-state index contributed by atoms with van der Waals surface area (Å²) >= 11 is 0. The number of hydrogen-bond donors (Lipinski definition) is 1. The van der Waals surface area contributed by atoms with Crippen molar-refractivity contribution in [3.63, 3.8) is 0 Å². The van der Waals surface area contributed by atoms with E-state index in [0.717, 1.165) is 0 Å². The summed E-state index contributed by atoms with van der Waals surface area (Å²) in [5, 5.41) is 2.78. The van der Waals surface area contributed by atoms with Gasteiger partial charge in [-0.2, -0.15) is 0 Å². The number of carbonyl (C=O) groups excluding carboxylic acids is 2. The normalized spacial score (nSPS) is 10.6. The molecule has 0 radical (unpaired) electrons. The lowest BCUT2D eigenvalue weighted by Gasteiger charge is -2.10. The molecule has 0 saturated heterocycles. The first-order chi connectivity index (χ1) is 8.88. The van der Waals surface area contributed by atoms with Gasteiger partial charge in [0.05, 0.1) is 11.7 Å². The summed E-state index contributed by atoms with van der Waals surface area (Å²) in [7, 11) is 0. The monoisotopic (exact) mass is 263 g/mol. The number of rotatable bonds is 5. The molecule has 0 bridgehead atoms. The molecule has 0 heterocycles. The van der Waals surface area contributed by atoms with Gasteiger partial charge >= 0.3 is 5.97 Å². The largest absolute Gasteiger partial charge is 0.459 e. The molecule has 0 saturated carbocycles. The van der Waals surface area contributed by atoms with E-state index < -0.39 is 0 Å². The first kappa shape index (κ1) is 15.2. The molecular weight excluding hydrogens is 242 g/mol. The summed E-state index contributed by atoms with van der Waals surface area (Å²) in [5.41, 5.74) is 1.06. The van der Waals surface area contributed by atoms with E-state index in [1.165, 1.54) is 0 Å². The lowest BCUT2D eigenvalue weighted by Crippen LogP contribution is -2.15. The van der Waals surface area contributed by atoms with Crippen LogP contribution in [0.4, 0.5) is 5.69 Å². The van der Waals surface area contributed by atoms with Gasteiger partial charge in [-0.15, -0.1) is 0 Å². The van der Waals surface area contributed by atoms with Crippen molar-refractivity contribution in [2.45, 2.75) is 40.2 Å². The Morgan fingerprint density at radius 1 is 1.21 bits per heavy atom. The summed E-state index contributed by atoms with van der Waals surface area (Å²) in [6.07, 6.45) is 0.299. The number of amides is 1. The van der Waals surface area contributed by atoms with Gasteiger partial charge in [0.1, 0.15) is 0 Å². The van der Waals surface area contributed by atoms with Gasteiger partial charge in [-0.05, 0) is 38.0 Å². The molecule has 0 aliphatic carbocycles. The van der Waals surface area contributed by atoms with Crippen molar-refractivity contribution < 1.29 is 14.3 Å². The molecule has 104 valence electrons. The number of hydrogen-bond acceptors (Lipinski definition) is 3. The Morgan fingerprint density at radius 3 is 2.47 bits per heavy atom. The third-order valence-corrected chi connectivity index (χ3v) is 2.32. The van der Waals surface area contributed by atoms with Gasteiger partial charge in [0, 0.05) is 12.1 Å². The predicted molar refractivity (Wildman–Crippen MR) is 75.1 cm³/mol. The van der Waals surface area contributed by atoms with E-state index >= 15 is 0 Å². The van der Waals surface area contributed by atoms with Crippen LogP contribution in [0.5, 0.6) is 0 Å². The third-order valence-electron chi connectivity index (χ3n) is 2.32. The molecule has 0 aliphatic rings. The zero-order chi connectivity index (χ0) is 14.4. The zero-order valence-electron chi connectivity index (χ0n) is 11.9. The molecule has 0 unspecified atom stereocenters. The first-order valence-corrected chi connectivity index (χ1v) is 6.49. The number of ether oxygens (including phenoxy) is 1. The van der Waals surface area contributed by atoms with Crippen LogP contribution in [-0.2, 0) is 9.53 Å². The second-order valence-electron chi connectivity index (χ2n) is 5.18. The second kappa shape index (κ2) is 6.92. The van der Waals surface area contributed by atoms with Gasteiger partial charge in [0.15, 0.2) is 0 Å². The summed E-state index contributed by atoms with van der Waals surface area (Å²) in [4.78, 5) is 23.4. The number of carbonyl (C=O) groups is 2. The highest BCUT2D eigenvalue weighted by Gasteiger charge is 2.11. The highest BCUT2D eigenvalue weighted by molar-refractivity contribution is 5.94. The standard InChI is InChI=1S/C15H21NO3/c1-10(2)8-14(17)16-13-7-5-6-12(9-13)15(18)19-11(3)4/h5-7,9-11H,8H2,1-4H3,(H,16,17). The molecule has 1 N–H and O–H groups in total. The maximum Gasteiger partial charge on any atom is 0.338 e. The van der Waals surface area contributed by atoms with Crippen molar-refractivity contribution in [1.29, 1.82) is 0 Å². The van der Waals surface area contributed by atoms with E-state index in [0.29, 0.717) is 23.6 Å². The van der Waals surface area contributed by atoms with Crippen molar-refractivity contribution in [2.24, 2.45) is 5.92 Å². The fraction of sp³-hybridized carbons (Fsp3) is 0.467. The SMILES string of the molecule is CC(C)CC(=O)Nc1cccc(C(=O)OC(C)C)c1. The topological polar surface area (TPSA) is 55.4 Å². The molecule has 0 atom stereocenters. The van der Waals surface area contributed by atoms with Gasteiger partial charge in [0.2, 0.25) is 5.91 Å². The van der Waals surface area contributed by atoms with Crippen molar-refractivity contribution in [3.8, 4) is 0 Å². The predicted octanol–water partition coefficient (Wildman–Crippen LogP) is 3.24. The maximum absolute atomic E-state index is 11.7. The van der Waals surface area contributed by atoms with Crippen LogP contribution in [0.25, 0.3) is 0 Å². The molecule has 1 amide bonds. The van der Waals surface area contributed by atoms with E-state index in [9.17, 15) is 9.59 Å². The van der Waals surface area contributed by atoms with Crippen molar-refractivity contribution in [2.75, 3.05) is 5.32 Å². The number of anilines is 1. The third kappa shape index (κ3) is 5.55. The smallest absolute Gasteiger partial charge is 0.338 e. The van der Waals surface area contributed by atoms with Gasteiger partial charge < -0.3 is 10.1 Å². The fourth-order valence-corrected chi connectivity index (χ4v) is 1.59. The molecule has 1 aromatic rings. The Balaban J connectivity index is 2.72. The Kier molecular flexibility index (Phi) is 5.55. The van der Waals surface area contributed by atoms with E-state index in [1.54, 1.807) is 38.1 Å². The summed E-state index contributed by atoms with van der Waals surface area (Å²) in [5.74, 6) is -0.131. The lowest BCUT2D eigenvalue weighted by atomic mass is 10.1. The van der Waals surface area contributed by atoms with E-state index in [4.69, 9.17) is 4.74 Å². The quantitative estimate of drug-likeness (QED) is 0.830. The van der Waals surface area contributed by atoms with Crippen LogP contribution in [0.3, 0.4) is 0 Å². The molecule has 0 aliphatic heterocycles. The van der Waals surface area contributed by atoms with Crippen molar-refractivity contribution in [1.82, 2.24) is 0 Å². The van der Waals surface area contributed by atoms with E-state index in [2.05, 4.69) is 5.32 Å². The Morgan fingerprint density at radius 2 is 1.89 bits per heavy atom. The minimum absolute atomic E-state index is 0.0515. The van der Waals surface area contributed by atoms with Crippen LogP contribution in [0.2, 0.25) is 0 Å². The van der Waals surface area contributed by atoms with Crippen LogP contribution in [0, 0.1) is 5.92 Å². The summed E-state index contributed by atoms with van der Waals surface area (Å²) in [6, 6.07) is 6.78. The van der Waals surface area contributed by atoms with Crippen molar-refractivity contribution >= 4 is 17.6 Å². The lowest BCUT2D eigenvalue weighted by molar-refractivity contribution is -0.116.